The standard InChI is InChI=1S/C16H12F3N3O/c1-23-13-8-9(6-7-11(13)17)20-15-10-4-2-3-5-12(10)21-16(22-15)14(18)19/h2-8,14H,1H3,(H,20,21,22). The fraction of sp³-hybridized carbons (Fsp3) is 0.125. The normalized spacial score (nSPS) is 11.0. The van der Waals surface area contributed by atoms with Crippen LogP contribution in [-0.4, -0.2) is 17.1 Å². The zero-order chi connectivity index (χ0) is 16.4. The van der Waals surface area contributed by atoms with E-state index in [0.29, 0.717) is 16.6 Å². The number of aromatic nitrogens is 2. The van der Waals surface area contributed by atoms with Crippen molar-refractivity contribution < 1.29 is 17.9 Å². The summed E-state index contributed by atoms with van der Waals surface area (Å²) in [5.41, 5.74) is 0.863. The molecule has 0 fully saturated rings. The number of anilines is 2. The molecule has 0 aliphatic rings. The highest BCUT2D eigenvalue weighted by atomic mass is 19.3. The first-order valence-electron chi connectivity index (χ1n) is 6.74. The molecule has 0 atom stereocenters. The van der Waals surface area contributed by atoms with E-state index in [9.17, 15) is 13.2 Å². The molecular formula is C16H12F3N3O. The van der Waals surface area contributed by atoms with Gasteiger partial charge < -0.3 is 10.1 Å². The van der Waals surface area contributed by atoms with Crippen LogP contribution in [0.4, 0.5) is 24.7 Å². The van der Waals surface area contributed by atoms with Crippen molar-refractivity contribution in [1.29, 1.82) is 0 Å². The van der Waals surface area contributed by atoms with E-state index in [1.54, 1.807) is 24.3 Å². The number of rotatable bonds is 4. The third-order valence-electron chi connectivity index (χ3n) is 3.23. The molecule has 0 unspecified atom stereocenters. The molecule has 1 aromatic heterocycles. The molecule has 4 nitrogen and oxygen atoms in total. The molecule has 0 saturated carbocycles. The van der Waals surface area contributed by atoms with Gasteiger partial charge in [-0.15, -0.1) is 0 Å². The van der Waals surface area contributed by atoms with Crippen LogP contribution in [0.25, 0.3) is 10.9 Å². The summed E-state index contributed by atoms with van der Waals surface area (Å²) < 4.78 is 44.3. The number of hydrogen-bond donors (Lipinski definition) is 1. The van der Waals surface area contributed by atoms with Crippen molar-refractivity contribution >= 4 is 22.4 Å². The van der Waals surface area contributed by atoms with Gasteiger partial charge in [0.15, 0.2) is 17.4 Å². The number of alkyl halides is 2. The lowest BCUT2D eigenvalue weighted by molar-refractivity contribution is 0.141. The third-order valence-corrected chi connectivity index (χ3v) is 3.23. The molecule has 7 heteroatoms. The van der Waals surface area contributed by atoms with Gasteiger partial charge in [0.1, 0.15) is 5.82 Å². The molecule has 3 rings (SSSR count). The van der Waals surface area contributed by atoms with E-state index in [0.717, 1.165) is 0 Å². The number of ether oxygens (including phenoxy) is 1. The molecule has 118 valence electrons. The zero-order valence-corrected chi connectivity index (χ0v) is 12.1. The van der Waals surface area contributed by atoms with Crippen molar-refractivity contribution in [3.05, 3.63) is 54.1 Å². The van der Waals surface area contributed by atoms with Crippen molar-refractivity contribution in [1.82, 2.24) is 9.97 Å². The quantitative estimate of drug-likeness (QED) is 0.771. The summed E-state index contributed by atoms with van der Waals surface area (Å²) in [7, 11) is 1.34. The Morgan fingerprint density at radius 2 is 1.87 bits per heavy atom. The minimum absolute atomic E-state index is 0.0439. The Bertz CT molecular complexity index is 855. The van der Waals surface area contributed by atoms with E-state index >= 15 is 0 Å². The lowest BCUT2D eigenvalue weighted by Crippen LogP contribution is -2.02. The maximum Gasteiger partial charge on any atom is 0.297 e. The second-order valence-electron chi connectivity index (χ2n) is 4.72. The van der Waals surface area contributed by atoms with Gasteiger partial charge in [-0.3, -0.25) is 0 Å². The van der Waals surface area contributed by atoms with E-state index in [-0.39, 0.29) is 11.6 Å². The molecule has 1 N–H and O–H groups in total. The molecular weight excluding hydrogens is 307 g/mol. The minimum atomic E-state index is -2.79. The van der Waals surface area contributed by atoms with Gasteiger partial charge in [-0.1, -0.05) is 12.1 Å². The zero-order valence-electron chi connectivity index (χ0n) is 12.1. The Kier molecular flexibility index (Phi) is 4.01. The van der Waals surface area contributed by atoms with Crippen LogP contribution in [0.2, 0.25) is 0 Å². The predicted molar refractivity (Wildman–Crippen MR) is 80.7 cm³/mol. The molecule has 0 saturated heterocycles. The van der Waals surface area contributed by atoms with Gasteiger partial charge in [-0.2, -0.15) is 0 Å². The second-order valence-corrected chi connectivity index (χ2v) is 4.72. The van der Waals surface area contributed by atoms with Gasteiger partial charge in [-0.25, -0.2) is 23.1 Å². The van der Waals surface area contributed by atoms with Gasteiger partial charge in [0, 0.05) is 17.1 Å². The van der Waals surface area contributed by atoms with Gasteiger partial charge >= 0.3 is 0 Å². The van der Waals surface area contributed by atoms with Crippen LogP contribution < -0.4 is 10.1 Å². The van der Waals surface area contributed by atoms with Crippen molar-refractivity contribution in [3.8, 4) is 5.75 Å². The molecule has 0 bridgehead atoms. The van der Waals surface area contributed by atoms with Crippen molar-refractivity contribution in [2.75, 3.05) is 12.4 Å². The fourth-order valence-corrected chi connectivity index (χ4v) is 2.16. The molecule has 23 heavy (non-hydrogen) atoms. The van der Waals surface area contributed by atoms with Crippen LogP contribution in [0.1, 0.15) is 12.2 Å². The molecule has 3 aromatic rings. The van der Waals surface area contributed by atoms with Crippen LogP contribution in [0.3, 0.4) is 0 Å². The number of methoxy groups -OCH3 is 1. The highest BCUT2D eigenvalue weighted by molar-refractivity contribution is 5.90. The van der Waals surface area contributed by atoms with Crippen molar-refractivity contribution in [3.63, 3.8) is 0 Å². The second kappa shape index (κ2) is 6.12. The van der Waals surface area contributed by atoms with Gasteiger partial charge in [0.25, 0.3) is 6.43 Å². The average molecular weight is 319 g/mol. The molecule has 2 aromatic carbocycles. The Balaban J connectivity index is 2.08. The van der Waals surface area contributed by atoms with E-state index in [2.05, 4.69) is 15.3 Å². The molecule has 0 aliphatic heterocycles. The van der Waals surface area contributed by atoms with Crippen LogP contribution in [0.5, 0.6) is 5.75 Å². The molecule has 1 heterocycles. The number of benzene rings is 2. The van der Waals surface area contributed by atoms with E-state index in [4.69, 9.17) is 4.74 Å². The summed E-state index contributed by atoms with van der Waals surface area (Å²) in [6.07, 6.45) is -2.79. The largest absolute Gasteiger partial charge is 0.494 e. The smallest absolute Gasteiger partial charge is 0.297 e. The monoisotopic (exact) mass is 319 g/mol. The topological polar surface area (TPSA) is 47.0 Å². The van der Waals surface area contributed by atoms with Gasteiger partial charge in [0.05, 0.1) is 12.6 Å². The van der Waals surface area contributed by atoms with Crippen LogP contribution >= 0.6 is 0 Å². The molecule has 0 aliphatic carbocycles. The SMILES string of the molecule is COc1cc(Nc2nc(C(F)F)nc3ccccc23)ccc1F. The number of para-hydroxylation sites is 1. The molecule has 0 amide bonds. The lowest BCUT2D eigenvalue weighted by atomic mass is 10.2. The van der Waals surface area contributed by atoms with Crippen LogP contribution in [0, 0.1) is 5.82 Å². The first kappa shape index (κ1) is 15.1. The molecule has 0 spiro atoms. The number of nitrogens with zero attached hydrogens (tertiary/aromatic N) is 2. The highest BCUT2D eigenvalue weighted by Gasteiger charge is 2.15. The maximum atomic E-state index is 13.5. The summed E-state index contributed by atoms with van der Waals surface area (Å²) in [4.78, 5) is 7.71. The summed E-state index contributed by atoms with van der Waals surface area (Å²) in [5, 5.41) is 3.50. The van der Waals surface area contributed by atoms with Gasteiger partial charge in [0.2, 0.25) is 0 Å². The predicted octanol–water partition coefficient (Wildman–Crippen LogP) is 4.46. The molecule has 0 radical (unpaired) electrons. The third kappa shape index (κ3) is 3.03. The summed E-state index contributed by atoms with van der Waals surface area (Å²) >= 11 is 0. The summed E-state index contributed by atoms with van der Waals surface area (Å²) in [6.45, 7) is 0. The first-order valence-corrected chi connectivity index (χ1v) is 6.74. The maximum absolute atomic E-state index is 13.5. The number of fused-ring (bicyclic) bond motifs is 1. The van der Waals surface area contributed by atoms with Crippen LogP contribution in [-0.2, 0) is 0 Å². The Hall–Kier alpha value is -2.83. The Morgan fingerprint density at radius 3 is 2.61 bits per heavy atom. The number of hydrogen-bond acceptors (Lipinski definition) is 4. The van der Waals surface area contributed by atoms with Crippen molar-refractivity contribution in [2.24, 2.45) is 0 Å². The van der Waals surface area contributed by atoms with E-state index < -0.39 is 18.1 Å². The van der Waals surface area contributed by atoms with Crippen molar-refractivity contribution in [2.45, 2.75) is 6.43 Å². The number of nitrogens with one attached hydrogen (secondary N) is 1. The highest BCUT2D eigenvalue weighted by Crippen LogP contribution is 2.29. The van der Waals surface area contributed by atoms with Crippen LogP contribution in [0.15, 0.2) is 42.5 Å². The van der Waals surface area contributed by atoms with Gasteiger partial charge in [-0.05, 0) is 24.3 Å². The number of halogens is 3. The summed E-state index contributed by atoms with van der Waals surface area (Å²) in [6, 6.07) is 10.9. The first-order chi connectivity index (χ1) is 11.1. The summed E-state index contributed by atoms with van der Waals surface area (Å²) in [5.74, 6) is -0.818. The fourth-order valence-electron chi connectivity index (χ4n) is 2.16. The Morgan fingerprint density at radius 1 is 1.09 bits per heavy atom. The average Bonchev–Trinajstić information content (AvgIpc) is 2.56. The van der Waals surface area contributed by atoms with E-state index in [1.807, 2.05) is 0 Å². The lowest BCUT2D eigenvalue weighted by Gasteiger charge is -2.11. The van der Waals surface area contributed by atoms with E-state index in [1.165, 1.54) is 25.3 Å². The minimum Gasteiger partial charge on any atom is -0.494 e. The Labute approximate surface area is 129 Å².